The van der Waals surface area contributed by atoms with Gasteiger partial charge in [-0.15, -0.1) is 0 Å². The summed E-state index contributed by atoms with van der Waals surface area (Å²) in [6.45, 7) is 2.13. The van der Waals surface area contributed by atoms with Crippen LogP contribution >= 0.6 is 0 Å². The summed E-state index contributed by atoms with van der Waals surface area (Å²) in [5, 5.41) is 9.88. The molecule has 2 aromatic rings. The van der Waals surface area contributed by atoms with Crippen LogP contribution in [0.2, 0.25) is 0 Å². The number of hydrogen-bond donors (Lipinski definition) is 2. The van der Waals surface area contributed by atoms with Gasteiger partial charge in [-0.1, -0.05) is 0 Å². The second-order valence-corrected chi connectivity index (χ2v) is 10.5. The number of hydrogen-bond acceptors (Lipinski definition) is 8. The van der Waals surface area contributed by atoms with E-state index in [1.165, 1.54) is 7.11 Å². The van der Waals surface area contributed by atoms with Crippen molar-refractivity contribution in [3.8, 4) is 22.8 Å². The van der Waals surface area contributed by atoms with Gasteiger partial charge < -0.3 is 19.5 Å². The maximum atomic E-state index is 14.7. The normalized spacial score (nSPS) is 25.3. The summed E-state index contributed by atoms with van der Waals surface area (Å²) in [4.78, 5) is 10.5. The second kappa shape index (κ2) is 7.47. The molecule has 0 spiro atoms. The van der Waals surface area contributed by atoms with Crippen molar-refractivity contribution in [3.05, 3.63) is 29.0 Å². The van der Waals surface area contributed by atoms with E-state index in [1.807, 2.05) is 0 Å². The number of methoxy groups -OCH3 is 1. The molecule has 12 heteroatoms. The molecule has 1 fully saturated rings. The first-order chi connectivity index (χ1) is 15.5. The average Bonchev–Trinajstić information content (AvgIpc) is 3.29. The van der Waals surface area contributed by atoms with Crippen molar-refractivity contribution in [2.45, 2.75) is 43.9 Å². The van der Waals surface area contributed by atoms with E-state index in [4.69, 9.17) is 9.47 Å². The highest BCUT2D eigenvalue weighted by Crippen LogP contribution is 2.48. The predicted molar refractivity (Wildman–Crippen MR) is 115 cm³/mol. The first kappa shape index (κ1) is 22.2. The van der Waals surface area contributed by atoms with Crippen LogP contribution in [0.1, 0.15) is 36.2 Å². The fourth-order valence-electron chi connectivity index (χ4n) is 4.61. The number of anilines is 1. The highest BCUT2D eigenvalue weighted by atomic mass is 32.2. The van der Waals surface area contributed by atoms with E-state index in [1.54, 1.807) is 24.0 Å². The number of fused-ring (bicyclic) bond motifs is 2. The number of sulfonamides is 1. The van der Waals surface area contributed by atoms with Crippen molar-refractivity contribution in [1.82, 2.24) is 14.7 Å². The molecule has 3 heterocycles. The molecule has 1 saturated heterocycles. The molecule has 0 bridgehead atoms. The van der Waals surface area contributed by atoms with Gasteiger partial charge in [0, 0.05) is 24.1 Å². The molecule has 0 radical (unpaired) electrons. The summed E-state index contributed by atoms with van der Waals surface area (Å²) in [5.74, 6) is -2.17. The first-order valence-electron chi connectivity index (χ1n) is 10.5. The smallest absolute Gasteiger partial charge is 0.290 e. The van der Waals surface area contributed by atoms with Gasteiger partial charge in [0.25, 0.3) is 5.92 Å². The standard InChI is InChI=1S/C21H24F2N4O5S/c1-10-14(28)8-27(10)20-24-18(12-4-5-21(22,23)19(12)25-20)11-6-15(31-2)17-13(26-33(3,29)30)9-32-16(17)7-11/h6-7,10,13-14,26,28H,4-5,8-9H2,1-3H3/t10-,13+,14+/m0/s1. The highest BCUT2D eigenvalue weighted by molar-refractivity contribution is 7.88. The Morgan fingerprint density at radius 3 is 2.73 bits per heavy atom. The lowest BCUT2D eigenvalue weighted by atomic mass is 9.99. The number of benzene rings is 1. The van der Waals surface area contributed by atoms with Crippen LogP contribution in [0.3, 0.4) is 0 Å². The van der Waals surface area contributed by atoms with E-state index in [2.05, 4.69) is 14.7 Å². The van der Waals surface area contributed by atoms with Crippen molar-refractivity contribution in [2.75, 3.05) is 31.4 Å². The number of nitrogens with one attached hydrogen (secondary N) is 1. The summed E-state index contributed by atoms with van der Waals surface area (Å²) in [7, 11) is -2.05. The van der Waals surface area contributed by atoms with Crippen LogP contribution in [0.4, 0.5) is 14.7 Å². The third-order valence-corrected chi connectivity index (χ3v) is 7.14. The number of aliphatic hydroxyl groups is 1. The van der Waals surface area contributed by atoms with Crippen molar-refractivity contribution < 1.29 is 31.8 Å². The molecule has 3 atom stereocenters. The summed E-state index contributed by atoms with van der Waals surface area (Å²) in [5.41, 5.74) is 1.47. The second-order valence-electron chi connectivity index (χ2n) is 8.71. The number of aliphatic hydroxyl groups excluding tert-OH is 1. The van der Waals surface area contributed by atoms with Crippen LogP contribution in [0.5, 0.6) is 11.5 Å². The van der Waals surface area contributed by atoms with Crippen LogP contribution < -0.4 is 19.1 Å². The molecule has 9 nitrogen and oxygen atoms in total. The summed E-state index contributed by atoms with van der Waals surface area (Å²) in [6.07, 6.45) is 0.253. The molecule has 3 aliphatic rings. The molecular formula is C21H24F2N4O5S. The Labute approximate surface area is 189 Å². The zero-order valence-corrected chi connectivity index (χ0v) is 19.1. The monoisotopic (exact) mass is 482 g/mol. The molecule has 0 unspecified atom stereocenters. The largest absolute Gasteiger partial charge is 0.496 e. The fraction of sp³-hybridized carbons (Fsp3) is 0.524. The summed E-state index contributed by atoms with van der Waals surface area (Å²) in [6, 6.07) is 2.41. The number of alkyl halides is 2. The Morgan fingerprint density at radius 1 is 1.33 bits per heavy atom. The Morgan fingerprint density at radius 2 is 2.09 bits per heavy atom. The van der Waals surface area contributed by atoms with E-state index in [0.29, 0.717) is 33.9 Å². The van der Waals surface area contributed by atoms with E-state index in [9.17, 15) is 22.3 Å². The topological polar surface area (TPSA) is 114 Å². The lowest BCUT2D eigenvalue weighted by molar-refractivity contribution is -0.00603. The first-order valence-corrected chi connectivity index (χ1v) is 12.4. The molecule has 178 valence electrons. The summed E-state index contributed by atoms with van der Waals surface area (Å²) >= 11 is 0. The Bertz CT molecular complexity index is 1240. The Balaban J connectivity index is 1.64. The number of aromatic nitrogens is 2. The third kappa shape index (κ3) is 3.69. The SMILES string of the molecule is COc1cc(-c2nc(N3C[C@@H](O)[C@@H]3C)nc3c2CCC3(F)F)cc2c1[C@H](NS(C)(=O)=O)CO2. The van der Waals surface area contributed by atoms with Gasteiger partial charge in [-0.2, -0.15) is 8.78 Å². The zero-order valence-electron chi connectivity index (χ0n) is 18.3. The third-order valence-electron chi connectivity index (χ3n) is 6.43. The van der Waals surface area contributed by atoms with Gasteiger partial charge in [-0.25, -0.2) is 23.1 Å². The minimum atomic E-state index is -3.50. The minimum absolute atomic E-state index is 0.0800. The van der Waals surface area contributed by atoms with Crippen molar-refractivity contribution in [3.63, 3.8) is 0 Å². The predicted octanol–water partition coefficient (Wildman–Crippen LogP) is 1.74. The molecule has 1 aliphatic carbocycles. The van der Waals surface area contributed by atoms with Gasteiger partial charge in [0.2, 0.25) is 16.0 Å². The van der Waals surface area contributed by atoms with Crippen LogP contribution in [-0.2, 0) is 22.4 Å². The van der Waals surface area contributed by atoms with Gasteiger partial charge in [-0.3, -0.25) is 0 Å². The number of rotatable bonds is 5. The Kier molecular flexibility index (Phi) is 5.03. The number of β-amino-alcohol motifs (C(OH)–C–C–N with tert-alkyl or cyclic N) is 1. The average molecular weight is 483 g/mol. The van der Waals surface area contributed by atoms with Gasteiger partial charge in [0.15, 0.2) is 0 Å². The molecule has 0 saturated carbocycles. The van der Waals surface area contributed by atoms with E-state index in [-0.39, 0.29) is 43.7 Å². The van der Waals surface area contributed by atoms with Gasteiger partial charge >= 0.3 is 0 Å². The van der Waals surface area contributed by atoms with Gasteiger partial charge in [0.05, 0.1) is 42.8 Å². The zero-order chi connectivity index (χ0) is 23.7. The van der Waals surface area contributed by atoms with Crippen molar-refractivity contribution >= 4 is 16.0 Å². The van der Waals surface area contributed by atoms with Gasteiger partial charge in [0.1, 0.15) is 23.8 Å². The molecule has 5 rings (SSSR count). The maximum absolute atomic E-state index is 14.7. The van der Waals surface area contributed by atoms with E-state index >= 15 is 0 Å². The number of nitrogens with zero attached hydrogens (tertiary/aromatic N) is 3. The highest BCUT2D eigenvalue weighted by Gasteiger charge is 2.45. The fourth-order valence-corrected chi connectivity index (χ4v) is 5.31. The van der Waals surface area contributed by atoms with E-state index < -0.39 is 28.1 Å². The molecule has 2 aliphatic heterocycles. The molecule has 1 aromatic heterocycles. The van der Waals surface area contributed by atoms with Crippen molar-refractivity contribution in [2.24, 2.45) is 0 Å². The summed E-state index contributed by atoms with van der Waals surface area (Å²) < 4.78 is 66.6. The minimum Gasteiger partial charge on any atom is -0.496 e. The molecular weight excluding hydrogens is 458 g/mol. The van der Waals surface area contributed by atoms with Crippen LogP contribution in [0.25, 0.3) is 11.3 Å². The quantitative estimate of drug-likeness (QED) is 0.663. The van der Waals surface area contributed by atoms with E-state index in [0.717, 1.165) is 6.26 Å². The maximum Gasteiger partial charge on any atom is 0.290 e. The molecule has 0 amide bonds. The molecule has 33 heavy (non-hydrogen) atoms. The Hall–Kier alpha value is -2.57. The number of ether oxygens (including phenoxy) is 2. The lowest BCUT2D eigenvalue weighted by Gasteiger charge is -2.43. The lowest BCUT2D eigenvalue weighted by Crippen LogP contribution is -2.59. The van der Waals surface area contributed by atoms with Crippen LogP contribution in [-0.4, -0.2) is 62.2 Å². The van der Waals surface area contributed by atoms with Crippen LogP contribution in [0, 0.1) is 0 Å². The number of halogens is 2. The van der Waals surface area contributed by atoms with Crippen molar-refractivity contribution in [1.29, 1.82) is 0 Å². The molecule has 1 aromatic carbocycles. The van der Waals surface area contributed by atoms with Crippen LogP contribution in [0.15, 0.2) is 12.1 Å². The molecule has 2 N–H and O–H groups in total. The van der Waals surface area contributed by atoms with Gasteiger partial charge in [-0.05, 0) is 25.5 Å².